The molecule has 0 aromatic heterocycles. The molecule has 0 spiro atoms. The second-order valence-electron chi connectivity index (χ2n) is 14.2. The van der Waals surface area contributed by atoms with Crippen molar-refractivity contribution in [1.82, 2.24) is 10.2 Å². The third-order valence-corrected chi connectivity index (χ3v) is 9.18. The minimum absolute atomic E-state index is 0.0505. The molecular formula is C37H46N2O5. The number of likely N-dealkylation sites (tertiary alicyclic amines) is 1. The monoisotopic (exact) mass is 598 g/mol. The van der Waals surface area contributed by atoms with Crippen LogP contribution in [0.4, 0.5) is 0 Å². The van der Waals surface area contributed by atoms with Crippen LogP contribution in [-0.2, 0) is 28.0 Å². The predicted molar refractivity (Wildman–Crippen MR) is 172 cm³/mol. The molecule has 0 unspecified atom stereocenters. The van der Waals surface area contributed by atoms with E-state index < -0.39 is 35.5 Å². The molecule has 0 aliphatic carbocycles. The third kappa shape index (κ3) is 6.20. The molecule has 44 heavy (non-hydrogen) atoms. The lowest BCUT2D eigenvalue weighted by Gasteiger charge is -2.36. The van der Waals surface area contributed by atoms with Crippen molar-refractivity contribution < 1.29 is 24.2 Å². The highest BCUT2D eigenvalue weighted by atomic mass is 16.5. The van der Waals surface area contributed by atoms with E-state index in [1.165, 1.54) is 5.56 Å². The molecule has 7 heteroatoms. The van der Waals surface area contributed by atoms with Crippen LogP contribution in [0.5, 0.6) is 11.5 Å². The van der Waals surface area contributed by atoms with Crippen LogP contribution in [0.15, 0.2) is 72.8 Å². The van der Waals surface area contributed by atoms with Gasteiger partial charge in [-0.2, -0.15) is 0 Å². The van der Waals surface area contributed by atoms with Crippen molar-refractivity contribution in [3.63, 3.8) is 0 Å². The van der Waals surface area contributed by atoms with Crippen LogP contribution in [-0.4, -0.2) is 47.2 Å². The summed E-state index contributed by atoms with van der Waals surface area (Å²) in [4.78, 5) is 29.4. The van der Waals surface area contributed by atoms with Crippen LogP contribution in [0.2, 0.25) is 0 Å². The van der Waals surface area contributed by atoms with Gasteiger partial charge in [0.2, 0.25) is 0 Å². The van der Waals surface area contributed by atoms with Gasteiger partial charge in [0.1, 0.15) is 17.5 Å². The van der Waals surface area contributed by atoms with Gasteiger partial charge >= 0.3 is 5.97 Å². The summed E-state index contributed by atoms with van der Waals surface area (Å²) in [7, 11) is 1.67. The predicted octanol–water partition coefficient (Wildman–Crippen LogP) is 6.54. The Morgan fingerprint density at radius 3 is 2.30 bits per heavy atom. The normalized spacial score (nSPS) is 23.5. The van der Waals surface area contributed by atoms with Crippen molar-refractivity contribution in [3.8, 4) is 11.5 Å². The first-order valence-electron chi connectivity index (χ1n) is 15.6. The molecule has 2 heterocycles. The summed E-state index contributed by atoms with van der Waals surface area (Å²) in [6.45, 7) is 13.2. The highest BCUT2D eigenvalue weighted by Gasteiger charge is 2.58. The maximum atomic E-state index is 14.5. The molecule has 234 valence electrons. The summed E-state index contributed by atoms with van der Waals surface area (Å²) >= 11 is 0. The van der Waals surface area contributed by atoms with E-state index in [9.17, 15) is 14.7 Å². The maximum Gasteiger partial charge on any atom is 0.326 e. The number of carbonyl (C=O) groups is 2. The number of hydrogen-bond acceptors (Lipinski definition) is 5. The zero-order valence-electron chi connectivity index (χ0n) is 27.0. The number of aryl methyl sites for hydroxylation is 1. The molecule has 5 rings (SSSR count). The summed E-state index contributed by atoms with van der Waals surface area (Å²) < 4.78 is 12.0. The Bertz CT molecular complexity index is 1490. The molecule has 1 saturated heterocycles. The van der Waals surface area contributed by atoms with E-state index in [1.807, 2.05) is 60.7 Å². The molecule has 0 radical (unpaired) electrons. The van der Waals surface area contributed by atoms with Crippen molar-refractivity contribution >= 4 is 11.9 Å². The summed E-state index contributed by atoms with van der Waals surface area (Å²) in [5.41, 5.74) is 3.63. The molecule has 2 aliphatic rings. The summed E-state index contributed by atoms with van der Waals surface area (Å²) in [5, 5.41) is 14.6. The van der Waals surface area contributed by atoms with Crippen LogP contribution < -0.4 is 14.8 Å². The number of aliphatic carboxylic acids is 1. The van der Waals surface area contributed by atoms with Gasteiger partial charge in [0, 0.05) is 24.1 Å². The van der Waals surface area contributed by atoms with E-state index in [1.54, 1.807) is 12.0 Å². The van der Waals surface area contributed by atoms with Gasteiger partial charge in [-0.1, -0.05) is 102 Å². The smallest absolute Gasteiger partial charge is 0.326 e. The first-order valence-corrected chi connectivity index (χ1v) is 15.6. The number of ether oxygens (including phenoxy) is 2. The quantitative estimate of drug-likeness (QED) is 0.321. The fourth-order valence-electron chi connectivity index (χ4n) is 7.00. The Labute approximate surface area is 261 Å². The summed E-state index contributed by atoms with van der Waals surface area (Å²) in [6, 6.07) is 21.9. The molecule has 3 aromatic carbocycles. The second-order valence-corrected chi connectivity index (χ2v) is 14.2. The highest BCUT2D eigenvalue weighted by Crippen LogP contribution is 2.49. The minimum Gasteiger partial charge on any atom is -0.496 e. The molecule has 0 saturated carbocycles. The second kappa shape index (κ2) is 12.3. The average Bonchev–Trinajstić information content (AvgIpc) is 3.35. The van der Waals surface area contributed by atoms with Crippen LogP contribution in [0.25, 0.3) is 0 Å². The molecule has 5 atom stereocenters. The highest BCUT2D eigenvalue weighted by molar-refractivity contribution is 5.88. The number of para-hydroxylation sites is 1. The van der Waals surface area contributed by atoms with Crippen LogP contribution >= 0.6 is 0 Å². The van der Waals surface area contributed by atoms with Gasteiger partial charge in [-0.25, -0.2) is 4.79 Å². The standard InChI is InChI=1S/C37H46N2O5/c1-36(2,3)26-18-20-27(43-7)25(21-26)22-38-31-30(37(4,5)6)33(35(41)42)39(32(31)24-14-9-8-10-15-24)34(40)29-19-17-23-13-11-12-16-28(23)44-29/h8-16,18,20-21,29-33,38H,17,19,22H2,1-7H3,(H,41,42)/t29-,30-,31-,32-,33-/m0/s1. The van der Waals surface area contributed by atoms with Crippen molar-refractivity contribution in [3.05, 3.63) is 95.1 Å². The van der Waals surface area contributed by atoms with Gasteiger partial charge in [0.15, 0.2) is 6.10 Å². The first-order chi connectivity index (χ1) is 20.8. The molecule has 1 amide bonds. The molecule has 3 aromatic rings. The van der Waals surface area contributed by atoms with Gasteiger partial charge in [-0.15, -0.1) is 0 Å². The number of rotatable bonds is 7. The number of nitrogens with one attached hydrogen (secondary N) is 1. The van der Waals surface area contributed by atoms with Gasteiger partial charge in [-0.05, 0) is 52.5 Å². The van der Waals surface area contributed by atoms with E-state index in [-0.39, 0.29) is 17.4 Å². The zero-order valence-corrected chi connectivity index (χ0v) is 27.0. The molecule has 7 nitrogen and oxygen atoms in total. The first kappa shape index (κ1) is 31.6. The van der Waals surface area contributed by atoms with Gasteiger partial charge in [-0.3, -0.25) is 4.79 Å². The topological polar surface area (TPSA) is 88.1 Å². The van der Waals surface area contributed by atoms with Crippen molar-refractivity contribution in [2.75, 3.05) is 7.11 Å². The number of nitrogens with zero attached hydrogens (tertiary/aromatic N) is 1. The molecular weight excluding hydrogens is 552 g/mol. The summed E-state index contributed by atoms with van der Waals surface area (Å²) in [5.74, 6) is -0.239. The Kier molecular flexibility index (Phi) is 8.81. The number of carboxylic acids is 1. The van der Waals surface area contributed by atoms with Gasteiger partial charge < -0.3 is 24.8 Å². The number of methoxy groups -OCH3 is 1. The number of carboxylic acid groups (broad SMARTS) is 1. The SMILES string of the molecule is COc1ccc(C(C)(C)C)cc1CN[C@H]1[C@H](C(C)(C)C)[C@@H](C(=O)O)N(C(=O)[C@@H]2CCc3ccccc3O2)[C@H]1c1ccccc1. The molecule has 2 aliphatic heterocycles. The fraction of sp³-hybridized carbons (Fsp3) is 0.459. The lowest BCUT2D eigenvalue weighted by Crippen LogP contribution is -2.51. The number of fused-ring (bicyclic) bond motifs is 1. The molecule has 1 fully saturated rings. The fourth-order valence-corrected chi connectivity index (χ4v) is 7.00. The van der Waals surface area contributed by atoms with E-state index in [2.05, 4.69) is 59.0 Å². The lowest BCUT2D eigenvalue weighted by atomic mass is 9.72. The van der Waals surface area contributed by atoms with E-state index >= 15 is 0 Å². The minimum atomic E-state index is -1.05. The van der Waals surface area contributed by atoms with E-state index in [0.717, 1.165) is 22.4 Å². The maximum absolute atomic E-state index is 14.5. The van der Waals surface area contributed by atoms with Crippen LogP contribution in [0.3, 0.4) is 0 Å². The van der Waals surface area contributed by atoms with Crippen LogP contribution in [0.1, 0.15) is 76.3 Å². The zero-order chi connectivity index (χ0) is 31.8. The van der Waals surface area contributed by atoms with E-state index in [0.29, 0.717) is 25.1 Å². The molecule has 0 bridgehead atoms. The Morgan fingerprint density at radius 1 is 0.977 bits per heavy atom. The van der Waals surface area contributed by atoms with Crippen molar-refractivity contribution in [2.45, 2.75) is 90.6 Å². The number of hydrogen-bond donors (Lipinski definition) is 2. The van der Waals surface area contributed by atoms with Crippen molar-refractivity contribution in [1.29, 1.82) is 0 Å². The van der Waals surface area contributed by atoms with Gasteiger partial charge in [0.05, 0.1) is 13.2 Å². The largest absolute Gasteiger partial charge is 0.496 e. The Hall–Kier alpha value is -3.84. The summed E-state index contributed by atoms with van der Waals surface area (Å²) in [6.07, 6.45) is 0.429. The third-order valence-electron chi connectivity index (χ3n) is 9.18. The molecule has 2 N–H and O–H groups in total. The lowest BCUT2D eigenvalue weighted by molar-refractivity contribution is -0.155. The Morgan fingerprint density at radius 2 is 1.66 bits per heavy atom. The van der Waals surface area contributed by atoms with E-state index in [4.69, 9.17) is 9.47 Å². The number of benzene rings is 3. The Balaban J connectivity index is 1.58. The van der Waals surface area contributed by atoms with Gasteiger partial charge in [0.25, 0.3) is 5.91 Å². The van der Waals surface area contributed by atoms with Crippen molar-refractivity contribution in [2.24, 2.45) is 11.3 Å². The number of carbonyl (C=O) groups excluding carboxylic acids is 1. The van der Waals surface area contributed by atoms with Crippen LogP contribution in [0, 0.1) is 11.3 Å². The number of amides is 1. The average molecular weight is 599 g/mol.